The Morgan fingerprint density at radius 1 is 1.03 bits per heavy atom. The van der Waals surface area contributed by atoms with Crippen molar-refractivity contribution in [3.05, 3.63) is 65.7 Å². The Kier molecular flexibility index (Phi) is 5.91. The van der Waals surface area contributed by atoms with Gasteiger partial charge in [-0.1, -0.05) is 48.9 Å². The lowest BCUT2D eigenvalue weighted by Gasteiger charge is -2.56. The van der Waals surface area contributed by atoms with E-state index in [9.17, 15) is 14.4 Å². The van der Waals surface area contributed by atoms with Crippen molar-refractivity contribution < 1.29 is 23.9 Å². The maximum Gasteiger partial charge on any atom is 0.407 e. The van der Waals surface area contributed by atoms with E-state index >= 15 is 0 Å². The molecule has 0 radical (unpaired) electrons. The number of carbonyl (C=O) groups is 3. The summed E-state index contributed by atoms with van der Waals surface area (Å²) in [5, 5.41) is 2.98. The van der Waals surface area contributed by atoms with Crippen LogP contribution >= 0.6 is 0 Å². The molecule has 2 aliphatic carbocycles. The number of urea groups is 1. The number of hydrogen-bond donors (Lipinski definition) is 1. The normalized spacial score (nSPS) is 25.9. The Hall–Kier alpha value is -3.55. The van der Waals surface area contributed by atoms with Crippen molar-refractivity contribution in [1.29, 1.82) is 0 Å². The van der Waals surface area contributed by atoms with Crippen molar-refractivity contribution in [2.45, 2.75) is 49.7 Å². The SMILES string of the molecule is COC(=O)NC1(c2ccccc2)CC2(C1)C(=O)N(Cc1ccc(OC)cc1)C(=O)N2CC1CCC1. The first-order valence-electron chi connectivity index (χ1n) is 12.1. The summed E-state index contributed by atoms with van der Waals surface area (Å²) >= 11 is 0. The monoisotopic (exact) mass is 477 g/mol. The van der Waals surface area contributed by atoms with Gasteiger partial charge < -0.3 is 19.7 Å². The van der Waals surface area contributed by atoms with Gasteiger partial charge in [-0.25, -0.2) is 9.59 Å². The number of ether oxygens (including phenoxy) is 2. The van der Waals surface area contributed by atoms with Gasteiger partial charge in [0.25, 0.3) is 5.91 Å². The number of methoxy groups -OCH3 is 2. The van der Waals surface area contributed by atoms with Crippen molar-refractivity contribution >= 4 is 18.0 Å². The molecule has 1 heterocycles. The maximum atomic E-state index is 13.9. The van der Waals surface area contributed by atoms with Crippen LogP contribution in [0.5, 0.6) is 5.75 Å². The summed E-state index contributed by atoms with van der Waals surface area (Å²) in [6.07, 6.45) is 3.36. The lowest BCUT2D eigenvalue weighted by molar-refractivity contribution is -0.144. The highest BCUT2D eigenvalue weighted by atomic mass is 16.5. The summed E-state index contributed by atoms with van der Waals surface area (Å²) in [6, 6.07) is 16.7. The third-order valence-corrected chi connectivity index (χ3v) is 7.83. The van der Waals surface area contributed by atoms with E-state index in [0.29, 0.717) is 25.3 Å². The number of imide groups is 1. The molecule has 5 rings (SSSR count). The fourth-order valence-corrected chi connectivity index (χ4v) is 5.68. The zero-order valence-corrected chi connectivity index (χ0v) is 20.2. The smallest absolute Gasteiger partial charge is 0.407 e. The predicted molar refractivity (Wildman–Crippen MR) is 129 cm³/mol. The average Bonchev–Trinajstić information content (AvgIpc) is 3.03. The lowest BCUT2D eigenvalue weighted by atomic mass is 9.58. The highest BCUT2D eigenvalue weighted by molar-refractivity contribution is 6.08. The molecule has 1 N–H and O–H groups in total. The van der Waals surface area contributed by atoms with E-state index in [2.05, 4.69) is 5.32 Å². The minimum absolute atomic E-state index is 0.198. The van der Waals surface area contributed by atoms with Gasteiger partial charge in [0.1, 0.15) is 11.3 Å². The summed E-state index contributed by atoms with van der Waals surface area (Å²) in [6.45, 7) is 0.764. The second kappa shape index (κ2) is 8.91. The highest BCUT2D eigenvalue weighted by Crippen LogP contribution is 2.55. The van der Waals surface area contributed by atoms with E-state index in [-0.39, 0.29) is 18.5 Å². The maximum absolute atomic E-state index is 13.9. The van der Waals surface area contributed by atoms with Crippen LogP contribution in [-0.2, 0) is 21.6 Å². The third kappa shape index (κ3) is 3.90. The zero-order valence-electron chi connectivity index (χ0n) is 20.2. The Bertz CT molecular complexity index is 1110. The number of benzene rings is 2. The fraction of sp³-hybridized carbons (Fsp3) is 0.444. The number of nitrogens with zero attached hydrogens (tertiary/aromatic N) is 2. The number of amides is 4. The zero-order chi connectivity index (χ0) is 24.6. The second-order valence-electron chi connectivity index (χ2n) is 9.88. The molecular weight excluding hydrogens is 446 g/mol. The van der Waals surface area contributed by atoms with Crippen molar-refractivity contribution in [1.82, 2.24) is 15.1 Å². The van der Waals surface area contributed by atoms with E-state index in [1.165, 1.54) is 12.0 Å². The molecule has 2 saturated carbocycles. The van der Waals surface area contributed by atoms with Gasteiger partial charge in [-0.15, -0.1) is 0 Å². The van der Waals surface area contributed by atoms with E-state index in [1.807, 2.05) is 54.6 Å². The van der Waals surface area contributed by atoms with E-state index in [4.69, 9.17) is 9.47 Å². The molecule has 8 heteroatoms. The number of rotatable bonds is 7. The molecule has 0 atom stereocenters. The van der Waals surface area contributed by atoms with E-state index in [1.54, 1.807) is 12.0 Å². The summed E-state index contributed by atoms with van der Waals surface area (Å²) in [5.41, 5.74) is -0.00294. The fourth-order valence-electron chi connectivity index (χ4n) is 5.68. The molecule has 0 aromatic heterocycles. The van der Waals surface area contributed by atoms with Gasteiger partial charge in [0.2, 0.25) is 0 Å². The molecule has 2 aromatic carbocycles. The first kappa shape index (κ1) is 23.2. The van der Waals surface area contributed by atoms with Gasteiger partial charge in [-0.2, -0.15) is 0 Å². The van der Waals surface area contributed by atoms with Crippen LogP contribution in [0.25, 0.3) is 0 Å². The van der Waals surface area contributed by atoms with Crippen molar-refractivity contribution in [2.24, 2.45) is 5.92 Å². The Morgan fingerprint density at radius 2 is 1.71 bits per heavy atom. The molecular formula is C27H31N3O5. The van der Waals surface area contributed by atoms with Gasteiger partial charge in [0, 0.05) is 19.4 Å². The van der Waals surface area contributed by atoms with E-state index < -0.39 is 17.2 Å². The van der Waals surface area contributed by atoms with Crippen molar-refractivity contribution in [2.75, 3.05) is 20.8 Å². The summed E-state index contributed by atoms with van der Waals surface area (Å²) in [4.78, 5) is 43.0. The number of carbonyl (C=O) groups excluding carboxylic acids is 3. The number of hydrogen-bond acceptors (Lipinski definition) is 5. The molecule has 2 aromatic rings. The van der Waals surface area contributed by atoms with Crippen LogP contribution in [0.15, 0.2) is 54.6 Å². The largest absolute Gasteiger partial charge is 0.497 e. The molecule has 0 unspecified atom stereocenters. The van der Waals surface area contributed by atoms with Crippen molar-refractivity contribution in [3.8, 4) is 5.75 Å². The lowest BCUT2D eigenvalue weighted by Crippen LogP contribution is -2.70. The van der Waals surface area contributed by atoms with Gasteiger partial charge in [0.05, 0.1) is 26.3 Å². The minimum Gasteiger partial charge on any atom is -0.497 e. The first-order chi connectivity index (χ1) is 16.9. The van der Waals surface area contributed by atoms with Crippen LogP contribution in [-0.4, -0.2) is 54.1 Å². The second-order valence-corrected chi connectivity index (χ2v) is 9.88. The van der Waals surface area contributed by atoms with Gasteiger partial charge in [0.15, 0.2) is 0 Å². The molecule has 184 valence electrons. The molecule has 0 bridgehead atoms. The average molecular weight is 478 g/mol. The number of alkyl carbamates (subject to hydrolysis) is 1. The van der Waals surface area contributed by atoms with Gasteiger partial charge >= 0.3 is 12.1 Å². The highest BCUT2D eigenvalue weighted by Gasteiger charge is 2.69. The van der Waals surface area contributed by atoms with Crippen LogP contribution in [0, 0.1) is 5.92 Å². The standard InChI is InChI=1S/C27H31N3O5/c1-34-22-13-11-20(12-14-22)15-29-23(31)27(30(25(29)33)16-19-7-6-8-19)17-26(18-27,28-24(32)35-2)21-9-4-3-5-10-21/h3-5,9-14,19H,6-8,15-18H2,1-2H3,(H,28,32). The molecule has 3 fully saturated rings. The minimum atomic E-state index is -0.976. The van der Waals surface area contributed by atoms with Crippen molar-refractivity contribution in [3.63, 3.8) is 0 Å². The molecule has 8 nitrogen and oxygen atoms in total. The quantitative estimate of drug-likeness (QED) is 0.608. The molecule has 4 amide bonds. The summed E-state index contributed by atoms with van der Waals surface area (Å²) in [5.74, 6) is 0.928. The molecule has 3 aliphatic rings. The molecule has 1 aliphatic heterocycles. The van der Waals surface area contributed by atoms with Crippen LogP contribution in [0.4, 0.5) is 9.59 Å². The van der Waals surface area contributed by atoms with Crippen LogP contribution in [0.1, 0.15) is 43.2 Å². The van der Waals surface area contributed by atoms with Crippen LogP contribution in [0.2, 0.25) is 0 Å². The summed E-state index contributed by atoms with van der Waals surface area (Å²) < 4.78 is 10.1. The molecule has 1 spiro atoms. The Labute approximate surface area is 205 Å². The van der Waals surface area contributed by atoms with Crippen LogP contribution in [0.3, 0.4) is 0 Å². The van der Waals surface area contributed by atoms with E-state index in [0.717, 1.165) is 36.1 Å². The summed E-state index contributed by atoms with van der Waals surface area (Å²) in [7, 11) is 2.93. The Morgan fingerprint density at radius 3 is 2.29 bits per heavy atom. The van der Waals surface area contributed by atoms with Gasteiger partial charge in [-0.3, -0.25) is 9.69 Å². The topological polar surface area (TPSA) is 88.2 Å². The molecule has 35 heavy (non-hydrogen) atoms. The van der Waals surface area contributed by atoms with Crippen LogP contribution < -0.4 is 10.1 Å². The predicted octanol–water partition coefficient (Wildman–Crippen LogP) is 4.04. The molecule has 1 saturated heterocycles. The third-order valence-electron chi connectivity index (χ3n) is 7.83. The van der Waals surface area contributed by atoms with Gasteiger partial charge in [-0.05, 0) is 42.0 Å². The Balaban J connectivity index is 1.46. The number of nitrogens with one attached hydrogen (secondary N) is 1. The first-order valence-corrected chi connectivity index (χ1v) is 12.1.